The first-order valence-electron chi connectivity index (χ1n) is 9.18. The SMILES string of the molecule is Cc1ccc(Cl)c(OC(=O)NC(=O)c2cc(Oc3c(Cl)cc(C(F)(F)F)cc3Br)ccc2Cl)c1. The Kier molecular flexibility index (Phi) is 8.02. The topological polar surface area (TPSA) is 64.6 Å². The van der Waals surface area contributed by atoms with Gasteiger partial charge in [-0.2, -0.15) is 13.2 Å². The number of imide groups is 1. The Bertz CT molecular complexity index is 1260. The summed E-state index contributed by atoms with van der Waals surface area (Å²) in [4.78, 5) is 24.7. The Morgan fingerprint density at radius 3 is 2.26 bits per heavy atom. The van der Waals surface area contributed by atoms with Gasteiger partial charge in [0, 0.05) is 0 Å². The van der Waals surface area contributed by atoms with Crippen molar-refractivity contribution in [1.29, 1.82) is 0 Å². The van der Waals surface area contributed by atoms with E-state index >= 15 is 0 Å². The van der Waals surface area contributed by atoms with Crippen LogP contribution in [0.3, 0.4) is 0 Å². The summed E-state index contributed by atoms with van der Waals surface area (Å²) >= 11 is 21.0. The van der Waals surface area contributed by atoms with Gasteiger partial charge in [0.15, 0.2) is 11.5 Å². The highest BCUT2D eigenvalue weighted by molar-refractivity contribution is 9.10. The van der Waals surface area contributed by atoms with E-state index in [1.54, 1.807) is 13.0 Å². The molecule has 0 heterocycles. The Hall–Kier alpha value is -2.46. The second-order valence-corrected chi connectivity index (χ2v) is 8.86. The molecule has 0 saturated heterocycles. The van der Waals surface area contributed by atoms with Gasteiger partial charge in [0.05, 0.1) is 30.7 Å². The van der Waals surface area contributed by atoms with E-state index in [0.29, 0.717) is 6.07 Å². The number of benzene rings is 3. The lowest BCUT2D eigenvalue weighted by molar-refractivity contribution is -0.137. The first-order chi connectivity index (χ1) is 15.8. The largest absolute Gasteiger partial charge is 0.455 e. The zero-order valence-corrected chi connectivity index (χ0v) is 20.8. The monoisotopic (exact) mass is 595 g/mol. The number of halogens is 7. The van der Waals surface area contributed by atoms with Crippen LogP contribution in [0.2, 0.25) is 15.1 Å². The average molecular weight is 598 g/mol. The lowest BCUT2D eigenvalue weighted by Gasteiger charge is -2.14. The molecule has 3 aromatic rings. The molecule has 0 fully saturated rings. The maximum atomic E-state index is 13.0. The highest BCUT2D eigenvalue weighted by atomic mass is 79.9. The summed E-state index contributed by atoms with van der Waals surface area (Å²) in [6.07, 6.45) is -5.71. The van der Waals surface area contributed by atoms with Gasteiger partial charge < -0.3 is 9.47 Å². The Balaban J connectivity index is 1.79. The minimum atomic E-state index is -4.60. The van der Waals surface area contributed by atoms with Gasteiger partial charge in [0.1, 0.15) is 5.75 Å². The molecule has 3 aromatic carbocycles. The van der Waals surface area contributed by atoms with Crippen LogP contribution in [0.25, 0.3) is 0 Å². The summed E-state index contributed by atoms with van der Waals surface area (Å²) in [7, 11) is 0. The number of alkyl halides is 3. The van der Waals surface area contributed by atoms with Crippen LogP contribution in [-0.2, 0) is 6.18 Å². The van der Waals surface area contributed by atoms with Crippen LogP contribution in [0.1, 0.15) is 21.5 Å². The Labute approximate surface area is 214 Å². The van der Waals surface area contributed by atoms with Gasteiger partial charge in [0.25, 0.3) is 5.91 Å². The number of carbonyl (C=O) groups excluding carboxylic acids is 2. The molecule has 1 N–H and O–H groups in total. The van der Waals surface area contributed by atoms with Crippen LogP contribution < -0.4 is 14.8 Å². The van der Waals surface area contributed by atoms with Crippen LogP contribution in [0.4, 0.5) is 18.0 Å². The lowest BCUT2D eigenvalue weighted by atomic mass is 10.2. The smallest absolute Gasteiger partial charge is 0.419 e. The number of nitrogens with one attached hydrogen (secondary N) is 1. The second kappa shape index (κ2) is 10.4. The van der Waals surface area contributed by atoms with Crippen molar-refractivity contribution in [1.82, 2.24) is 5.32 Å². The zero-order chi connectivity index (χ0) is 25.2. The van der Waals surface area contributed by atoms with E-state index in [2.05, 4.69) is 15.9 Å². The predicted molar refractivity (Wildman–Crippen MR) is 125 cm³/mol. The number of hydrogen-bond acceptors (Lipinski definition) is 4. The summed E-state index contributed by atoms with van der Waals surface area (Å²) in [5.41, 5.74) is -0.356. The van der Waals surface area contributed by atoms with Crippen molar-refractivity contribution in [3.8, 4) is 17.2 Å². The molecule has 34 heavy (non-hydrogen) atoms. The number of amides is 2. The summed E-state index contributed by atoms with van der Waals surface area (Å²) in [6, 6.07) is 10.1. The molecule has 0 spiro atoms. The molecule has 0 aliphatic carbocycles. The van der Waals surface area contributed by atoms with Crippen molar-refractivity contribution >= 4 is 62.7 Å². The highest BCUT2D eigenvalue weighted by Crippen LogP contribution is 2.42. The van der Waals surface area contributed by atoms with Crippen molar-refractivity contribution in [2.45, 2.75) is 13.1 Å². The minimum absolute atomic E-state index is 0.0204. The summed E-state index contributed by atoms with van der Waals surface area (Å²) in [6.45, 7) is 1.76. The molecular formula is C22H12BrCl3F3NO4. The molecule has 3 rings (SSSR count). The number of carbonyl (C=O) groups is 2. The van der Waals surface area contributed by atoms with Crippen molar-refractivity contribution in [2.24, 2.45) is 0 Å². The van der Waals surface area contributed by atoms with Gasteiger partial charge in [-0.25, -0.2) is 4.79 Å². The summed E-state index contributed by atoms with van der Waals surface area (Å²) in [5.74, 6) is -0.956. The number of hydrogen-bond donors (Lipinski definition) is 1. The fourth-order valence-corrected chi connectivity index (χ4v) is 3.93. The van der Waals surface area contributed by atoms with E-state index in [1.165, 1.54) is 30.3 Å². The van der Waals surface area contributed by atoms with E-state index in [1.807, 2.05) is 5.32 Å². The van der Waals surface area contributed by atoms with Crippen molar-refractivity contribution in [3.05, 3.63) is 84.8 Å². The van der Waals surface area contributed by atoms with Crippen LogP contribution >= 0.6 is 50.7 Å². The lowest BCUT2D eigenvalue weighted by Crippen LogP contribution is -2.33. The molecule has 0 radical (unpaired) electrons. The van der Waals surface area contributed by atoms with Crippen LogP contribution in [0.15, 0.2) is 53.0 Å². The van der Waals surface area contributed by atoms with Crippen molar-refractivity contribution in [2.75, 3.05) is 0 Å². The summed E-state index contributed by atoms with van der Waals surface area (Å²) < 4.78 is 49.4. The number of aryl methyl sites for hydroxylation is 1. The van der Waals surface area contributed by atoms with Gasteiger partial charge in [0.2, 0.25) is 0 Å². The zero-order valence-electron chi connectivity index (χ0n) is 16.9. The van der Waals surface area contributed by atoms with E-state index in [4.69, 9.17) is 44.3 Å². The van der Waals surface area contributed by atoms with E-state index in [9.17, 15) is 22.8 Å². The fraction of sp³-hybridized carbons (Fsp3) is 0.0909. The molecule has 0 saturated carbocycles. The fourth-order valence-electron chi connectivity index (χ4n) is 2.65. The van der Waals surface area contributed by atoms with Crippen molar-refractivity contribution < 1.29 is 32.2 Å². The maximum absolute atomic E-state index is 13.0. The van der Waals surface area contributed by atoms with Gasteiger partial charge in [-0.1, -0.05) is 40.9 Å². The Morgan fingerprint density at radius 2 is 1.62 bits per heavy atom. The van der Waals surface area contributed by atoms with Gasteiger partial charge >= 0.3 is 12.3 Å². The normalized spacial score (nSPS) is 11.2. The molecule has 178 valence electrons. The van der Waals surface area contributed by atoms with E-state index < -0.39 is 23.7 Å². The van der Waals surface area contributed by atoms with Crippen molar-refractivity contribution in [3.63, 3.8) is 0 Å². The predicted octanol–water partition coefficient (Wildman–Crippen LogP) is 8.46. The number of rotatable bonds is 4. The average Bonchev–Trinajstić information content (AvgIpc) is 2.73. The third-order valence-corrected chi connectivity index (χ3v) is 5.74. The third kappa shape index (κ3) is 6.35. The van der Waals surface area contributed by atoms with E-state index in [0.717, 1.165) is 11.6 Å². The van der Waals surface area contributed by atoms with Crippen LogP contribution in [-0.4, -0.2) is 12.0 Å². The first kappa shape index (κ1) is 26.2. The van der Waals surface area contributed by atoms with Gasteiger partial charge in [-0.15, -0.1) is 0 Å². The molecule has 0 aliphatic heterocycles. The molecule has 0 aliphatic rings. The first-order valence-corrected chi connectivity index (χ1v) is 11.1. The second-order valence-electron chi connectivity index (χ2n) is 6.79. The van der Waals surface area contributed by atoms with E-state index in [-0.39, 0.29) is 42.4 Å². The summed E-state index contributed by atoms with van der Waals surface area (Å²) in [5, 5.41) is 1.84. The Morgan fingerprint density at radius 1 is 0.941 bits per heavy atom. The molecule has 5 nitrogen and oxygen atoms in total. The molecular weight excluding hydrogens is 586 g/mol. The number of ether oxygens (including phenoxy) is 2. The minimum Gasteiger partial charge on any atom is -0.455 e. The standard InChI is InChI=1S/C22H12BrCl3F3NO4/c1-10-2-4-16(25)18(6-10)34-21(32)30-20(31)13-9-12(3-5-15(13)24)33-19-14(23)7-11(8-17(19)26)22(27,28)29/h2-9H,1H3,(H,30,31,32). The van der Waals surface area contributed by atoms with Crippen LogP contribution in [0, 0.1) is 6.92 Å². The molecule has 0 aromatic heterocycles. The molecule has 12 heteroatoms. The molecule has 2 amide bonds. The molecule has 0 unspecified atom stereocenters. The third-order valence-electron chi connectivity index (χ3n) is 4.23. The van der Waals surface area contributed by atoms with Crippen LogP contribution in [0.5, 0.6) is 17.2 Å². The molecule has 0 bridgehead atoms. The van der Waals surface area contributed by atoms with Gasteiger partial charge in [-0.3, -0.25) is 10.1 Å². The van der Waals surface area contributed by atoms with Gasteiger partial charge in [-0.05, 0) is 70.9 Å². The quantitative estimate of drug-likeness (QED) is 0.328. The maximum Gasteiger partial charge on any atom is 0.419 e. The molecule has 0 atom stereocenters. The highest BCUT2D eigenvalue weighted by Gasteiger charge is 2.32.